The van der Waals surface area contributed by atoms with Crippen LogP contribution in [-0.4, -0.2) is 6.29 Å². The molecule has 1 rings (SSSR count). The lowest BCUT2D eigenvalue weighted by molar-refractivity contribution is -0.108. The van der Waals surface area contributed by atoms with Gasteiger partial charge in [0.1, 0.15) is 6.29 Å². The molecule has 0 unspecified atom stereocenters. The lowest BCUT2D eigenvalue weighted by Crippen LogP contribution is -2.01. The number of hydrogen-bond acceptors (Lipinski definition) is 1. The van der Waals surface area contributed by atoms with Crippen molar-refractivity contribution in [2.75, 3.05) is 0 Å². The van der Waals surface area contributed by atoms with Crippen molar-refractivity contribution in [1.29, 1.82) is 0 Å². The highest BCUT2D eigenvalue weighted by molar-refractivity contribution is 5.50. The molecule has 1 heteroatoms. The third-order valence-electron chi connectivity index (χ3n) is 2.20. The zero-order valence-electron chi connectivity index (χ0n) is 8.52. The molecule has 0 amide bonds. The van der Waals surface area contributed by atoms with E-state index >= 15 is 0 Å². The van der Waals surface area contributed by atoms with Crippen molar-refractivity contribution >= 4 is 6.29 Å². The molecule has 0 aliphatic carbocycles. The first-order chi connectivity index (χ1) is 6.86. The summed E-state index contributed by atoms with van der Waals surface area (Å²) in [5, 5.41) is 0. The molecule has 0 saturated carbocycles. The third-order valence-corrected chi connectivity index (χ3v) is 2.20. The standard InChI is InChI=1S/C13H16O/c1-2-6-12(9-10-14)11-13-7-4-3-5-8-13/h2-8,10,12H,9,11H2,1H3/b6-2+/t12-/m1/s1. The van der Waals surface area contributed by atoms with Crippen LogP contribution in [0.15, 0.2) is 42.5 Å². The van der Waals surface area contributed by atoms with E-state index in [1.54, 1.807) is 0 Å². The van der Waals surface area contributed by atoms with Gasteiger partial charge in [0.2, 0.25) is 0 Å². The molecule has 0 saturated heterocycles. The minimum atomic E-state index is 0.347. The molecule has 1 aromatic rings. The molecule has 0 N–H and O–H groups in total. The molecule has 0 radical (unpaired) electrons. The summed E-state index contributed by atoms with van der Waals surface area (Å²) in [7, 11) is 0. The zero-order chi connectivity index (χ0) is 10.2. The van der Waals surface area contributed by atoms with Gasteiger partial charge in [0.15, 0.2) is 0 Å². The van der Waals surface area contributed by atoms with Crippen LogP contribution in [0.1, 0.15) is 18.9 Å². The third kappa shape index (κ3) is 3.56. The van der Waals surface area contributed by atoms with E-state index in [4.69, 9.17) is 0 Å². The summed E-state index contributed by atoms with van der Waals surface area (Å²) >= 11 is 0. The van der Waals surface area contributed by atoms with Crippen molar-refractivity contribution in [3.8, 4) is 0 Å². The average Bonchev–Trinajstić information content (AvgIpc) is 2.20. The van der Waals surface area contributed by atoms with Crippen LogP contribution in [0.25, 0.3) is 0 Å². The molecule has 0 heterocycles. The van der Waals surface area contributed by atoms with Gasteiger partial charge in [-0.15, -0.1) is 0 Å². The van der Waals surface area contributed by atoms with E-state index in [2.05, 4.69) is 18.2 Å². The predicted octanol–water partition coefficient (Wildman–Crippen LogP) is 3.01. The zero-order valence-corrected chi connectivity index (χ0v) is 8.52. The van der Waals surface area contributed by atoms with Gasteiger partial charge in [0.05, 0.1) is 0 Å². The molecule has 0 aliphatic rings. The van der Waals surface area contributed by atoms with E-state index in [-0.39, 0.29) is 0 Å². The van der Waals surface area contributed by atoms with Crippen LogP contribution in [-0.2, 0) is 11.2 Å². The van der Waals surface area contributed by atoms with Crippen LogP contribution in [0.2, 0.25) is 0 Å². The van der Waals surface area contributed by atoms with Gasteiger partial charge in [-0.3, -0.25) is 0 Å². The van der Waals surface area contributed by atoms with Gasteiger partial charge < -0.3 is 4.79 Å². The fourth-order valence-electron chi connectivity index (χ4n) is 1.54. The van der Waals surface area contributed by atoms with Crippen molar-refractivity contribution in [1.82, 2.24) is 0 Å². The Balaban J connectivity index is 2.59. The summed E-state index contributed by atoms with van der Waals surface area (Å²) in [6, 6.07) is 10.3. The Bertz CT molecular complexity index is 287. The van der Waals surface area contributed by atoms with Gasteiger partial charge in [0.25, 0.3) is 0 Å². The number of carbonyl (C=O) groups is 1. The molecular formula is C13H16O. The Morgan fingerprint density at radius 2 is 2.00 bits per heavy atom. The fourth-order valence-corrected chi connectivity index (χ4v) is 1.54. The number of aldehydes is 1. The van der Waals surface area contributed by atoms with Gasteiger partial charge >= 0.3 is 0 Å². The van der Waals surface area contributed by atoms with Gasteiger partial charge in [-0.05, 0) is 24.8 Å². The van der Waals surface area contributed by atoms with E-state index in [1.165, 1.54) is 5.56 Å². The van der Waals surface area contributed by atoms with Crippen LogP contribution in [0.4, 0.5) is 0 Å². The normalized spacial score (nSPS) is 12.9. The number of benzene rings is 1. The molecular weight excluding hydrogens is 172 g/mol. The van der Waals surface area contributed by atoms with Gasteiger partial charge in [-0.2, -0.15) is 0 Å². The lowest BCUT2D eigenvalue weighted by atomic mass is 9.96. The summed E-state index contributed by atoms with van der Waals surface area (Å²) < 4.78 is 0. The Morgan fingerprint density at radius 1 is 1.29 bits per heavy atom. The maximum atomic E-state index is 10.4. The number of rotatable bonds is 5. The minimum absolute atomic E-state index is 0.347. The van der Waals surface area contributed by atoms with Crippen LogP contribution in [0.5, 0.6) is 0 Å². The summed E-state index contributed by atoms with van der Waals surface area (Å²) in [6.45, 7) is 1.99. The molecule has 1 nitrogen and oxygen atoms in total. The first-order valence-corrected chi connectivity index (χ1v) is 4.97. The van der Waals surface area contributed by atoms with Gasteiger partial charge in [-0.25, -0.2) is 0 Å². The molecule has 14 heavy (non-hydrogen) atoms. The number of hydrogen-bond donors (Lipinski definition) is 0. The SMILES string of the molecule is C/C=C/[C@H](CC=O)Cc1ccccc1. The highest BCUT2D eigenvalue weighted by atomic mass is 16.1. The van der Waals surface area contributed by atoms with Crippen LogP contribution < -0.4 is 0 Å². The molecule has 0 fully saturated rings. The fraction of sp³-hybridized carbons (Fsp3) is 0.308. The second kappa shape index (κ2) is 6.14. The average molecular weight is 188 g/mol. The van der Waals surface area contributed by atoms with E-state index in [0.717, 1.165) is 12.7 Å². The Morgan fingerprint density at radius 3 is 2.57 bits per heavy atom. The number of carbonyl (C=O) groups excluding carboxylic acids is 1. The Kier molecular flexibility index (Phi) is 4.70. The van der Waals surface area contributed by atoms with E-state index in [0.29, 0.717) is 12.3 Å². The van der Waals surface area contributed by atoms with Crippen molar-refractivity contribution in [3.63, 3.8) is 0 Å². The first kappa shape index (κ1) is 10.7. The summed E-state index contributed by atoms with van der Waals surface area (Å²) in [4.78, 5) is 10.4. The smallest absolute Gasteiger partial charge is 0.120 e. The molecule has 0 aromatic heterocycles. The van der Waals surface area contributed by atoms with Crippen LogP contribution >= 0.6 is 0 Å². The summed E-state index contributed by atoms with van der Waals surface area (Å²) in [5.41, 5.74) is 1.29. The van der Waals surface area contributed by atoms with E-state index in [9.17, 15) is 4.79 Å². The lowest BCUT2D eigenvalue weighted by Gasteiger charge is -2.08. The second-order valence-corrected chi connectivity index (χ2v) is 3.38. The molecule has 0 spiro atoms. The maximum Gasteiger partial charge on any atom is 0.120 e. The quantitative estimate of drug-likeness (QED) is 0.513. The van der Waals surface area contributed by atoms with Gasteiger partial charge in [-0.1, -0.05) is 42.5 Å². The van der Waals surface area contributed by atoms with Crippen LogP contribution in [0.3, 0.4) is 0 Å². The van der Waals surface area contributed by atoms with Gasteiger partial charge in [0, 0.05) is 6.42 Å². The Labute approximate surface area is 85.5 Å². The molecule has 1 atom stereocenters. The molecule has 74 valence electrons. The molecule has 0 bridgehead atoms. The number of allylic oxidation sites excluding steroid dienone is 2. The molecule has 0 aliphatic heterocycles. The minimum Gasteiger partial charge on any atom is -0.303 e. The second-order valence-electron chi connectivity index (χ2n) is 3.38. The monoisotopic (exact) mass is 188 g/mol. The van der Waals surface area contributed by atoms with E-state index < -0.39 is 0 Å². The topological polar surface area (TPSA) is 17.1 Å². The van der Waals surface area contributed by atoms with Crippen molar-refractivity contribution in [2.24, 2.45) is 5.92 Å². The highest BCUT2D eigenvalue weighted by Gasteiger charge is 2.04. The van der Waals surface area contributed by atoms with Crippen molar-refractivity contribution in [3.05, 3.63) is 48.0 Å². The summed E-state index contributed by atoms with van der Waals surface area (Å²) in [5.74, 6) is 0.347. The Hall–Kier alpha value is -1.37. The largest absolute Gasteiger partial charge is 0.303 e. The van der Waals surface area contributed by atoms with E-state index in [1.807, 2.05) is 31.2 Å². The predicted molar refractivity (Wildman–Crippen MR) is 59.1 cm³/mol. The maximum absolute atomic E-state index is 10.4. The van der Waals surface area contributed by atoms with Crippen LogP contribution in [0, 0.1) is 5.92 Å². The van der Waals surface area contributed by atoms with Crippen molar-refractivity contribution < 1.29 is 4.79 Å². The summed E-state index contributed by atoms with van der Waals surface area (Å²) in [6.07, 6.45) is 6.66. The molecule has 1 aromatic carbocycles. The first-order valence-electron chi connectivity index (χ1n) is 4.97. The van der Waals surface area contributed by atoms with Crippen molar-refractivity contribution in [2.45, 2.75) is 19.8 Å². The highest BCUT2D eigenvalue weighted by Crippen LogP contribution is 2.12.